The number of rotatable bonds is 0. The summed E-state index contributed by atoms with van der Waals surface area (Å²) in [5.41, 5.74) is 12.0. The quantitative estimate of drug-likeness (QED) is 0.580. The molecule has 0 radical (unpaired) electrons. The second kappa shape index (κ2) is 2.70. The molecule has 14 heavy (non-hydrogen) atoms. The molecule has 0 unspecified atom stereocenters. The Hall–Kier alpha value is -2.10. The Morgan fingerprint density at radius 1 is 1.00 bits per heavy atom. The third kappa shape index (κ3) is 1.08. The van der Waals surface area contributed by atoms with Crippen molar-refractivity contribution in [2.75, 3.05) is 5.73 Å². The minimum Gasteiger partial charge on any atom is -0.399 e. The van der Waals surface area contributed by atoms with Gasteiger partial charge in [0.2, 0.25) is 5.78 Å². The first-order valence-corrected chi connectivity index (χ1v) is 4.05. The first-order valence-electron chi connectivity index (χ1n) is 4.05. The van der Waals surface area contributed by atoms with E-state index in [1.54, 1.807) is 6.07 Å². The lowest BCUT2D eigenvalue weighted by Crippen LogP contribution is -2.21. The van der Waals surface area contributed by atoms with Crippen LogP contribution in [0.5, 0.6) is 0 Å². The first kappa shape index (κ1) is 8.50. The zero-order chi connectivity index (χ0) is 10.3. The summed E-state index contributed by atoms with van der Waals surface area (Å²) in [7, 11) is 0. The fourth-order valence-electron chi connectivity index (χ4n) is 1.40. The van der Waals surface area contributed by atoms with Crippen LogP contribution in [0.2, 0.25) is 0 Å². The number of Topliss-reactive ketones (excluding diaryl/α,β-unsaturated/α-hetero) is 1. The van der Waals surface area contributed by atoms with Gasteiger partial charge in [-0.3, -0.25) is 9.59 Å². The average Bonchev–Trinajstić information content (AvgIpc) is 2.14. The highest BCUT2D eigenvalue weighted by Crippen LogP contribution is 2.21. The second-order valence-corrected chi connectivity index (χ2v) is 3.10. The van der Waals surface area contributed by atoms with Crippen LogP contribution in [0.3, 0.4) is 0 Å². The van der Waals surface area contributed by atoms with Gasteiger partial charge in [0, 0.05) is 22.9 Å². The molecular formula is C10H8N2O2. The van der Waals surface area contributed by atoms with Crippen LogP contribution in [0.1, 0.15) is 20.7 Å². The molecule has 4 nitrogen and oxygen atoms in total. The Balaban J connectivity index is 2.69. The Morgan fingerprint density at radius 2 is 1.71 bits per heavy atom. The third-order valence-electron chi connectivity index (χ3n) is 2.10. The molecule has 70 valence electrons. The molecule has 0 amide bonds. The number of fused-ring (bicyclic) bond motifs is 1. The number of nitrogen functional groups attached to an aromatic ring is 1. The van der Waals surface area contributed by atoms with Gasteiger partial charge >= 0.3 is 0 Å². The Kier molecular flexibility index (Phi) is 1.64. The van der Waals surface area contributed by atoms with E-state index in [1.165, 1.54) is 12.1 Å². The van der Waals surface area contributed by atoms with Gasteiger partial charge in [0.25, 0.3) is 0 Å². The summed E-state index contributed by atoms with van der Waals surface area (Å²) in [5.74, 6) is -0.594. The summed E-state index contributed by atoms with van der Waals surface area (Å²) >= 11 is 0. The summed E-state index contributed by atoms with van der Waals surface area (Å²) in [6.07, 6.45) is 1.14. The monoisotopic (exact) mass is 188 g/mol. The smallest absolute Gasteiger partial charge is 0.209 e. The van der Waals surface area contributed by atoms with E-state index in [9.17, 15) is 9.59 Å². The fraction of sp³-hybridized carbons (Fsp3) is 0. The lowest BCUT2D eigenvalue weighted by molar-refractivity contribution is 0.0983. The average molecular weight is 188 g/mol. The number of benzene rings is 1. The van der Waals surface area contributed by atoms with Crippen molar-refractivity contribution in [2.24, 2.45) is 5.73 Å². The van der Waals surface area contributed by atoms with E-state index in [2.05, 4.69) is 0 Å². The molecule has 0 saturated carbocycles. The van der Waals surface area contributed by atoms with Crippen LogP contribution in [0.4, 0.5) is 5.69 Å². The zero-order valence-electron chi connectivity index (χ0n) is 7.28. The lowest BCUT2D eigenvalue weighted by atomic mass is 9.92. The van der Waals surface area contributed by atoms with Crippen molar-refractivity contribution in [3.63, 3.8) is 0 Å². The number of allylic oxidation sites excluding steroid dienone is 2. The largest absolute Gasteiger partial charge is 0.399 e. The number of hydrogen-bond acceptors (Lipinski definition) is 4. The molecule has 4 N–H and O–H groups in total. The van der Waals surface area contributed by atoms with Crippen molar-refractivity contribution in [3.8, 4) is 0 Å². The second-order valence-electron chi connectivity index (χ2n) is 3.10. The molecule has 1 aromatic carbocycles. The molecule has 4 heteroatoms. The van der Waals surface area contributed by atoms with Gasteiger partial charge in [0.1, 0.15) is 0 Å². The number of carbonyl (C=O) groups is 2. The summed E-state index contributed by atoms with van der Waals surface area (Å²) in [4.78, 5) is 22.9. The Bertz CT molecular complexity index is 475. The number of ketones is 2. The van der Waals surface area contributed by atoms with E-state index >= 15 is 0 Å². The highest BCUT2D eigenvalue weighted by atomic mass is 16.1. The molecule has 0 fully saturated rings. The van der Waals surface area contributed by atoms with Crippen LogP contribution in [-0.2, 0) is 0 Å². The van der Waals surface area contributed by atoms with Gasteiger partial charge in [0.15, 0.2) is 5.78 Å². The van der Waals surface area contributed by atoms with Gasteiger partial charge in [-0.2, -0.15) is 0 Å². The number of carbonyl (C=O) groups excluding carboxylic acids is 2. The van der Waals surface area contributed by atoms with Crippen LogP contribution < -0.4 is 11.5 Å². The van der Waals surface area contributed by atoms with Crippen molar-refractivity contribution < 1.29 is 9.59 Å². The van der Waals surface area contributed by atoms with Crippen LogP contribution in [0.15, 0.2) is 30.0 Å². The standard InChI is InChI=1S/C10H8N2O2/c11-5-1-2-6-7(3-5)10(14)8(12)4-9(6)13/h1-4H,11-12H2. The molecule has 2 rings (SSSR count). The predicted octanol–water partition coefficient (Wildman–Crippen LogP) is 0.490. The predicted molar refractivity (Wildman–Crippen MR) is 51.8 cm³/mol. The highest BCUT2D eigenvalue weighted by Gasteiger charge is 2.23. The van der Waals surface area contributed by atoms with Crippen LogP contribution in [0, 0.1) is 0 Å². The van der Waals surface area contributed by atoms with Gasteiger partial charge in [-0.1, -0.05) is 0 Å². The minimum atomic E-state index is -0.341. The molecule has 1 aromatic rings. The van der Waals surface area contributed by atoms with Crippen molar-refractivity contribution in [1.29, 1.82) is 0 Å². The number of anilines is 1. The molecule has 0 bridgehead atoms. The summed E-state index contributed by atoms with van der Waals surface area (Å²) in [5, 5.41) is 0. The molecule has 0 aliphatic heterocycles. The molecule has 0 aromatic heterocycles. The van der Waals surface area contributed by atoms with E-state index in [-0.39, 0.29) is 22.8 Å². The van der Waals surface area contributed by atoms with E-state index in [1.807, 2.05) is 0 Å². The van der Waals surface area contributed by atoms with Crippen molar-refractivity contribution in [1.82, 2.24) is 0 Å². The maximum absolute atomic E-state index is 11.5. The van der Waals surface area contributed by atoms with Crippen LogP contribution >= 0.6 is 0 Å². The molecule has 1 aliphatic rings. The van der Waals surface area contributed by atoms with Crippen LogP contribution in [0.25, 0.3) is 0 Å². The van der Waals surface area contributed by atoms with E-state index in [0.717, 1.165) is 6.08 Å². The number of hydrogen-bond donors (Lipinski definition) is 2. The first-order chi connectivity index (χ1) is 6.59. The zero-order valence-corrected chi connectivity index (χ0v) is 7.28. The van der Waals surface area contributed by atoms with Crippen molar-refractivity contribution in [3.05, 3.63) is 41.1 Å². The van der Waals surface area contributed by atoms with Gasteiger partial charge in [0.05, 0.1) is 5.70 Å². The van der Waals surface area contributed by atoms with Gasteiger partial charge in [-0.25, -0.2) is 0 Å². The summed E-state index contributed by atoms with van der Waals surface area (Å²) < 4.78 is 0. The van der Waals surface area contributed by atoms with Gasteiger partial charge < -0.3 is 11.5 Å². The molecule has 0 heterocycles. The summed E-state index contributed by atoms with van der Waals surface area (Å²) in [6.45, 7) is 0. The minimum absolute atomic E-state index is 0.0342. The maximum Gasteiger partial charge on any atom is 0.209 e. The normalized spacial score (nSPS) is 15.0. The number of nitrogens with two attached hydrogens (primary N) is 2. The van der Waals surface area contributed by atoms with Gasteiger partial charge in [-0.15, -0.1) is 0 Å². The Labute approximate surface area is 80.2 Å². The summed E-state index contributed by atoms with van der Waals surface area (Å²) in [6, 6.07) is 4.59. The maximum atomic E-state index is 11.5. The third-order valence-corrected chi connectivity index (χ3v) is 2.10. The molecule has 1 aliphatic carbocycles. The van der Waals surface area contributed by atoms with E-state index in [4.69, 9.17) is 11.5 Å². The van der Waals surface area contributed by atoms with E-state index in [0.29, 0.717) is 11.3 Å². The topological polar surface area (TPSA) is 86.2 Å². The van der Waals surface area contributed by atoms with Gasteiger partial charge in [-0.05, 0) is 18.2 Å². The lowest BCUT2D eigenvalue weighted by Gasteiger charge is -2.12. The SMILES string of the molecule is NC1=CC(=O)c2ccc(N)cc2C1=O. The highest BCUT2D eigenvalue weighted by molar-refractivity contribution is 6.24. The molecule has 0 spiro atoms. The van der Waals surface area contributed by atoms with Crippen molar-refractivity contribution in [2.45, 2.75) is 0 Å². The Morgan fingerprint density at radius 3 is 2.43 bits per heavy atom. The molecule has 0 saturated heterocycles. The molecular weight excluding hydrogens is 180 g/mol. The molecule has 0 atom stereocenters. The van der Waals surface area contributed by atoms with Crippen molar-refractivity contribution >= 4 is 17.3 Å². The van der Waals surface area contributed by atoms with Crippen LogP contribution in [-0.4, -0.2) is 11.6 Å². The fourth-order valence-corrected chi connectivity index (χ4v) is 1.40. The van der Waals surface area contributed by atoms with E-state index < -0.39 is 0 Å².